The zero-order valence-electron chi connectivity index (χ0n) is 11.9. The van der Waals surface area contributed by atoms with Crippen molar-refractivity contribution >= 4 is 11.9 Å². The lowest BCUT2D eigenvalue weighted by Crippen LogP contribution is -2.25. The van der Waals surface area contributed by atoms with Gasteiger partial charge in [0, 0.05) is 12.1 Å². The van der Waals surface area contributed by atoms with Gasteiger partial charge < -0.3 is 19.9 Å². The van der Waals surface area contributed by atoms with Crippen LogP contribution in [0.2, 0.25) is 0 Å². The summed E-state index contributed by atoms with van der Waals surface area (Å²) < 4.78 is 10.8. The number of carboxylic acids is 1. The Bertz CT molecular complexity index is 529. The van der Waals surface area contributed by atoms with Crippen molar-refractivity contribution in [2.75, 3.05) is 19.8 Å². The summed E-state index contributed by atoms with van der Waals surface area (Å²) in [7, 11) is 0. The van der Waals surface area contributed by atoms with Crippen LogP contribution in [-0.2, 0) is 4.79 Å². The van der Waals surface area contributed by atoms with Crippen LogP contribution in [0.1, 0.15) is 30.1 Å². The molecular weight excluding hydrogens is 274 g/mol. The number of fused-ring (bicyclic) bond motifs is 1. The van der Waals surface area contributed by atoms with Crippen molar-refractivity contribution in [2.24, 2.45) is 5.92 Å². The quantitative estimate of drug-likeness (QED) is 0.780. The topological polar surface area (TPSA) is 84.9 Å². The lowest BCUT2D eigenvalue weighted by Gasteiger charge is -2.18. The summed E-state index contributed by atoms with van der Waals surface area (Å²) >= 11 is 0. The predicted molar refractivity (Wildman–Crippen MR) is 75.8 cm³/mol. The molecule has 0 aliphatic carbocycles. The molecule has 1 amide bonds. The number of rotatable bonds is 6. The third kappa shape index (κ3) is 4.11. The zero-order chi connectivity index (χ0) is 15.2. The lowest BCUT2D eigenvalue weighted by molar-refractivity contribution is -0.141. The van der Waals surface area contributed by atoms with Gasteiger partial charge in [0.15, 0.2) is 11.5 Å². The van der Waals surface area contributed by atoms with E-state index in [1.807, 2.05) is 0 Å². The van der Waals surface area contributed by atoms with Crippen LogP contribution in [-0.4, -0.2) is 36.7 Å². The highest BCUT2D eigenvalue weighted by Crippen LogP contribution is 2.30. The molecule has 0 aromatic heterocycles. The number of carbonyl (C=O) groups is 2. The number of hydrogen-bond acceptors (Lipinski definition) is 4. The van der Waals surface area contributed by atoms with Crippen molar-refractivity contribution in [1.29, 1.82) is 0 Å². The van der Waals surface area contributed by atoms with E-state index >= 15 is 0 Å². The van der Waals surface area contributed by atoms with Gasteiger partial charge in [-0.25, -0.2) is 0 Å². The molecule has 1 heterocycles. The Balaban J connectivity index is 1.82. The molecule has 6 nitrogen and oxygen atoms in total. The monoisotopic (exact) mass is 293 g/mol. The van der Waals surface area contributed by atoms with E-state index in [0.29, 0.717) is 49.7 Å². The van der Waals surface area contributed by atoms with E-state index in [2.05, 4.69) is 5.32 Å². The summed E-state index contributed by atoms with van der Waals surface area (Å²) in [6, 6.07) is 5.06. The Morgan fingerprint density at radius 2 is 2.00 bits per heavy atom. The zero-order valence-corrected chi connectivity index (χ0v) is 11.9. The first-order valence-corrected chi connectivity index (χ1v) is 6.98. The summed E-state index contributed by atoms with van der Waals surface area (Å²) in [4.78, 5) is 22.7. The van der Waals surface area contributed by atoms with Gasteiger partial charge in [-0.05, 0) is 31.0 Å². The minimum absolute atomic E-state index is 0.199. The minimum atomic E-state index is -0.812. The maximum Gasteiger partial charge on any atom is 0.306 e. The van der Waals surface area contributed by atoms with Crippen LogP contribution in [0.5, 0.6) is 11.5 Å². The fourth-order valence-electron chi connectivity index (χ4n) is 2.02. The maximum absolute atomic E-state index is 12.0. The van der Waals surface area contributed by atoms with Crippen molar-refractivity contribution < 1.29 is 24.2 Å². The van der Waals surface area contributed by atoms with Crippen molar-refractivity contribution in [1.82, 2.24) is 5.32 Å². The third-order valence-corrected chi connectivity index (χ3v) is 3.33. The van der Waals surface area contributed by atoms with Crippen LogP contribution in [0.4, 0.5) is 0 Å². The van der Waals surface area contributed by atoms with Crippen LogP contribution in [0.15, 0.2) is 18.2 Å². The fraction of sp³-hybridized carbons (Fsp3) is 0.467. The molecule has 1 aromatic rings. The van der Waals surface area contributed by atoms with Gasteiger partial charge in [-0.15, -0.1) is 0 Å². The van der Waals surface area contributed by atoms with Crippen LogP contribution >= 0.6 is 0 Å². The SMILES string of the molecule is CC(CCCNC(=O)c1ccc2c(c1)OCCO2)C(=O)O. The minimum Gasteiger partial charge on any atom is -0.486 e. The Morgan fingerprint density at radius 1 is 1.29 bits per heavy atom. The van der Waals surface area contributed by atoms with Gasteiger partial charge in [0.25, 0.3) is 5.91 Å². The molecular formula is C15H19NO5. The average Bonchev–Trinajstić information content (AvgIpc) is 2.50. The lowest BCUT2D eigenvalue weighted by atomic mass is 10.1. The molecule has 1 unspecified atom stereocenters. The van der Waals surface area contributed by atoms with Crippen molar-refractivity contribution in [2.45, 2.75) is 19.8 Å². The van der Waals surface area contributed by atoms with E-state index in [1.54, 1.807) is 25.1 Å². The summed E-state index contributed by atoms with van der Waals surface area (Å²) in [5.74, 6) is -0.180. The Morgan fingerprint density at radius 3 is 2.71 bits per heavy atom. The third-order valence-electron chi connectivity index (χ3n) is 3.33. The van der Waals surface area contributed by atoms with Crippen molar-refractivity contribution in [3.63, 3.8) is 0 Å². The molecule has 0 spiro atoms. The Hall–Kier alpha value is -2.24. The first-order valence-electron chi connectivity index (χ1n) is 6.98. The van der Waals surface area contributed by atoms with Crippen molar-refractivity contribution in [3.8, 4) is 11.5 Å². The molecule has 1 aromatic carbocycles. The number of nitrogens with one attached hydrogen (secondary N) is 1. The van der Waals surface area contributed by atoms with Gasteiger partial charge in [0.05, 0.1) is 5.92 Å². The molecule has 0 radical (unpaired) electrons. The normalized spacial score (nSPS) is 14.3. The Kier molecular flexibility index (Phi) is 5.03. The maximum atomic E-state index is 12.0. The van der Waals surface area contributed by atoms with E-state index in [4.69, 9.17) is 14.6 Å². The number of aliphatic carboxylic acids is 1. The highest BCUT2D eigenvalue weighted by atomic mass is 16.6. The predicted octanol–water partition coefficient (Wildman–Crippen LogP) is 1.69. The van der Waals surface area contributed by atoms with Crippen LogP contribution < -0.4 is 14.8 Å². The van der Waals surface area contributed by atoms with Crippen molar-refractivity contribution in [3.05, 3.63) is 23.8 Å². The fourth-order valence-corrected chi connectivity index (χ4v) is 2.02. The van der Waals surface area contributed by atoms with Gasteiger partial charge in [0.1, 0.15) is 13.2 Å². The number of hydrogen-bond donors (Lipinski definition) is 2. The van der Waals surface area contributed by atoms with Crippen LogP contribution in [0, 0.1) is 5.92 Å². The van der Waals surface area contributed by atoms with Gasteiger partial charge in [-0.3, -0.25) is 9.59 Å². The van der Waals surface area contributed by atoms with Crippen LogP contribution in [0.25, 0.3) is 0 Å². The van der Waals surface area contributed by atoms with E-state index in [0.717, 1.165) is 0 Å². The molecule has 21 heavy (non-hydrogen) atoms. The molecule has 0 bridgehead atoms. The second-order valence-corrected chi connectivity index (χ2v) is 5.00. The standard InChI is InChI=1S/C15H19NO5/c1-10(15(18)19)3-2-6-16-14(17)11-4-5-12-13(9-11)21-8-7-20-12/h4-5,9-10H,2-3,6-8H2,1H3,(H,16,17)(H,18,19). The first kappa shape index (κ1) is 15.2. The molecule has 0 saturated heterocycles. The molecule has 0 saturated carbocycles. The van der Waals surface area contributed by atoms with E-state index in [1.165, 1.54) is 0 Å². The molecule has 1 aliphatic rings. The number of carbonyl (C=O) groups excluding carboxylic acids is 1. The van der Waals surface area contributed by atoms with E-state index in [-0.39, 0.29) is 5.91 Å². The summed E-state index contributed by atoms with van der Waals surface area (Å²) in [5, 5.41) is 11.5. The number of carboxylic acid groups (broad SMARTS) is 1. The average molecular weight is 293 g/mol. The largest absolute Gasteiger partial charge is 0.486 e. The van der Waals surface area contributed by atoms with E-state index in [9.17, 15) is 9.59 Å². The number of amides is 1. The highest BCUT2D eigenvalue weighted by Gasteiger charge is 2.15. The highest BCUT2D eigenvalue weighted by molar-refractivity contribution is 5.94. The van der Waals surface area contributed by atoms with Gasteiger partial charge in [-0.1, -0.05) is 6.92 Å². The molecule has 114 valence electrons. The van der Waals surface area contributed by atoms with Gasteiger partial charge in [0.2, 0.25) is 0 Å². The Labute approximate surface area is 123 Å². The molecule has 1 atom stereocenters. The second-order valence-electron chi connectivity index (χ2n) is 5.00. The molecule has 0 fully saturated rings. The van der Waals surface area contributed by atoms with Gasteiger partial charge in [-0.2, -0.15) is 0 Å². The summed E-state index contributed by atoms with van der Waals surface area (Å²) in [5.41, 5.74) is 0.505. The number of benzene rings is 1. The second kappa shape index (κ2) is 6.97. The van der Waals surface area contributed by atoms with Gasteiger partial charge >= 0.3 is 5.97 Å². The van der Waals surface area contributed by atoms with E-state index < -0.39 is 11.9 Å². The van der Waals surface area contributed by atoms with Crippen LogP contribution in [0.3, 0.4) is 0 Å². The summed E-state index contributed by atoms with van der Waals surface area (Å²) in [6.07, 6.45) is 1.17. The molecule has 6 heteroatoms. The smallest absolute Gasteiger partial charge is 0.306 e. The molecule has 2 rings (SSSR count). The molecule has 1 aliphatic heterocycles. The first-order chi connectivity index (χ1) is 10.1. The molecule has 2 N–H and O–H groups in total. The summed E-state index contributed by atoms with van der Waals surface area (Å²) in [6.45, 7) is 3.10. The number of ether oxygens (including phenoxy) is 2.